The first kappa shape index (κ1) is 23.7. The van der Waals surface area contributed by atoms with Crippen LogP contribution in [0.1, 0.15) is 27.6 Å². The van der Waals surface area contributed by atoms with Gasteiger partial charge in [0.1, 0.15) is 5.75 Å². The van der Waals surface area contributed by atoms with Crippen molar-refractivity contribution in [2.75, 3.05) is 17.2 Å². The maximum Gasteiger partial charge on any atom is 0.257 e. The molecule has 0 spiro atoms. The smallest absolute Gasteiger partial charge is 0.257 e. The third kappa shape index (κ3) is 6.53. The zero-order valence-electron chi connectivity index (χ0n) is 16.9. The molecule has 3 aromatic carbocycles. The summed E-state index contributed by atoms with van der Waals surface area (Å²) in [7, 11) is 0. The molecule has 0 heterocycles. The van der Waals surface area contributed by atoms with Crippen LogP contribution in [0.4, 0.5) is 11.4 Å². The van der Waals surface area contributed by atoms with Crippen molar-refractivity contribution < 1.29 is 14.3 Å². The van der Waals surface area contributed by atoms with Crippen molar-refractivity contribution in [3.8, 4) is 5.75 Å². The Balaban J connectivity index is 1.55. The van der Waals surface area contributed by atoms with Gasteiger partial charge in [0, 0.05) is 27.5 Å². The lowest BCUT2D eigenvalue weighted by Gasteiger charge is -2.12. The number of thiocarbonyl (C=S) groups is 1. The number of carbonyl (C=O) groups is 2. The lowest BCUT2D eigenvalue weighted by molar-refractivity contribution is 0.0976. The zero-order chi connectivity index (χ0) is 23.1. The number of nitrogens with one attached hydrogen (secondary N) is 3. The van der Waals surface area contributed by atoms with Crippen molar-refractivity contribution >= 4 is 68.1 Å². The third-order valence-corrected chi connectivity index (χ3v) is 5.27. The van der Waals surface area contributed by atoms with Gasteiger partial charge in [0.15, 0.2) is 5.11 Å². The van der Waals surface area contributed by atoms with Crippen LogP contribution in [0.15, 0.2) is 71.2 Å². The lowest BCUT2D eigenvalue weighted by Crippen LogP contribution is -2.34. The maximum absolute atomic E-state index is 12.4. The van der Waals surface area contributed by atoms with E-state index in [1.165, 1.54) is 0 Å². The summed E-state index contributed by atoms with van der Waals surface area (Å²) < 4.78 is 6.13. The van der Waals surface area contributed by atoms with Crippen LogP contribution in [0.5, 0.6) is 5.75 Å². The lowest BCUT2D eigenvalue weighted by atomic mass is 10.2. The first-order chi connectivity index (χ1) is 15.4. The van der Waals surface area contributed by atoms with Gasteiger partial charge in [-0.25, -0.2) is 0 Å². The van der Waals surface area contributed by atoms with Crippen molar-refractivity contribution in [1.82, 2.24) is 5.32 Å². The largest absolute Gasteiger partial charge is 0.493 e. The van der Waals surface area contributed by atoms with E-state index in [-0.39, 0.29) is 16.9 Å². The van der Waals surface area contributed by atoms with Crippen molar-refractivity contribution in [1.29, 1.82) is 0 Å². The highest BCUT2D eigenvalue weighted by molar-refractivity contribution is 9.10. The summed E-state index contributed by atoms with van der Waals surface area (Å²) in [6, 6.07) is 18.6. The van der Waals surface area contributed by atoms with Gasteiger partial charge in [0.05, 0.1) is 11.1 Å². The topological polar surface area (TPSA) is 79.5 Å². The molecule has 0 fully saturated rings. The molecule has 0 radical (unpaired) electrons. The van der Waals surface area contributed by atoms with E-state index >= 15 is 0 Å². The van der Waals surface area contributed by atoms with Gasteiger partial charge in [-0.1, -0.05) is 17.7 Å². The second-order valence-corrected chi connectivity index (χ2v) is 8.23. The van der Waals surface area contributed by atoms with Gasteiger partial charge < -0.3 is 15.4 Å². The number of anilines is 2. The molecule has 9 heteroatoms. The van der Waals surface area contributed by atoms with E-state index in [0.717, 1.165) is 0 Å². The number of hydrogen-bond acceptors (Lipinski definition) is 4. The third-order valence-electron chi connectivity index (χ3n) is 4.21. The molecule has 0 saturated heterocycles. The molecule has 0 saturated carbocycles. The van der Waals surface area contributed by atoms with Crippen LogP contribution in [-0.4, -0.2) is 23.5 Å². The van der Waals surface area contributed by atoms with Gasteiger partial charge in [-0.05, 0) is 95.7 Å². The zero-order valence-corrected chi connectivity index (χ0v) is 20.1. The average Bonchev–Trinajstić information content (AvgIpc) is 2.76. The van der Waals surface area contributed by atoms with E-state index in [2.05, 4.69) is 31.9 Å². The summed E-state index contributed by atoms with van der Waals surface area (Å²) in [5.41, 5.74) is 2.16. The molecule has 0 unspecified atom stereocenters. The average molecular weight is 533 g/mol. The summed E-state index contributed by atoms with van der Waals surface area (Å²) in [6.07, 6.45) is 0. The van der Waals surface area contributed by atoms with Gasteiger partial charge in [-0.3, -0.25) is 14.9 Å². The van der Waals surface area contributed by atoms with E-state index in [9.17, 15) is 9.59 Å². The van der Waals surface area contributed by atoms with Crippen molar-refractivity contribution in [3.63, 3.8) is 0 Å². The summed E-state index contributed by atoms with van der Waals surface area (Å²) in [6.45, 7) is 2.41. The second-order valence-electron chi connectivity index (χ2n) is 6.53. The van der Waals surface area contributed by atoms with Crippen LogP contribution in [0, 0.1) is 0 Å². The Labute approximate surface area is 204 Å². The van der Waals surface area contributed by atoms with Gasteiger partial charge in [-0.2, -0.15) is 0 Å². The first-order valence-corrected chi connectivity index (χ1v) is 11.2. The molecule has 3 aromatic rings. The maximum atomic E-state index is 12.4. The van der Waals surface area contributed by atoms with Gasteiger partial charge in [0.25, 0.3) is 11.8 Å². The highest BCUT2D eigenvalue weighted by Gasteiger charge is 2.11. The number of benzene rings is 3. The Bertz CT molecular complexity index is 1160. The molecule has 32 heavy (non-hydrogen) atoms. The number of amides is 2. The van der Waals surface area contributed by atoms with Gasteiger partial charge in [-0.15, -0.1) is 0 Å². The van der Waals surface area contributed by atoms with Crippen molar-refractivity contribution in [2.45, 2.75) is 6.92 Å². The van der Waals surface area contributed by atoms with E-state index in [4.69, 9.17) is 28.6 Å². The summed E-state index contributed by atoms with van der Waals surface area (Å²) in [4.78, 5) is 24.7. The molecule has 2 amide bonds. The minimum atomic E-state index is -0.350. The van der Waals surface area contributed by atoms with Crippen LogP contribution >= 0.6 is 39.7 Å². The fraction of sp³-hybridized carbons (Fsp3) is 0.0870. The quantitative estimate of drug-likeness (QED) is 0.346. The van der Waals surface area contributed by atoms with Crippen LogP contribution in [0.3, 0.4) is 0 Å². The molecular formula is C23H19BrClN3O3S. The Kier molecular flexibility index (Phi) is 8.21. The minimum Gasteiger partial charge on any atom is -0.493 e. The molecule has 0 aliphatic heterocycles. The highest BCUT2D eigenvalue weighted by Crippen LogP contribution is 2.26. The van der Waals surface area contributed by atoms with E-state index in [1.54, 1.807) is 66.7 Å². The summed E-state index contributed by atoms with van der Waals surface area (Å²) in [5, 5.41) is 9.01. The fourth-order valence-electron chi connectivity index (χ4n) is 2.72. The number of ether oxygens (including phenoxy) is 1. The van der Waals surface area contributed by atoms with Crippen LogP contribution < -0.4 is 20.7 Å². The van der Waals surface area contributed by atoms with Crippen LogP contribution in [-0.2, 0) is 0 Å². The van der Waals surface area contributed by atoms with Gasteiger partial charge in [0.2, 0.25) is 0 Å². The fourth-order valence-corrected chi connectivity index (χ4v) is 3.62. The summed E-state index contributed by atoms with van der Waals surface area (Å²) >= 11 is 14.5. The predicted molar refractivity (Wildman–Crippen MR) is 135 cm³/mol. The molecule has 164 valence electrons. The number of halogens is 2. The minimum absolute atomic E-state index is 0.149. The predicted octanol–water partition coefficient (Wildman–Crippen LogP) is 5.88. The highest BCUT2D eigenvalue weighted by atomic mass is 79.9. The van der Waals surface area contributed by atoms with Crippen LogP contribution in [0.25, 0.3) is 0 Å². The summed E-state index contributed by atoms with van der Waals surface area (Å²) in [5.74, 6) is 0.0430. The molecule has 3 N–H and O–H groups in total. The van der Waals surface area contributed by atoms with E-state index in [0.29, 0.717) is 44.4 Å². The van der Waals surface area contributed by atoms with E-state index < -0.39 is 0 Å². The second kappa shape index (κ2) is 11.1. The number of hydrogen-bond donors (Lipinski definition) is 3. The molecule has 0 bridgehead atoms. The Morgan fingerprint density at radius 2 is 1.59 bits per heavy atom. The number of carbonyl (C=O) groups excluding carboxylic acids is 2. The molecule has 0 aromatic heterocycles. The molecule has 0 aliphatic carbocycles. The number of rotatable bonds is 6. The normalized spacial score (nSPS) is 10.2. The van der Waals surface area contributed by atoms with Crippen LogP contribution in [0.2, 0.25) is 5.02 Å². The molecule has 6 nitrogen and oxygen atoms in total. The Morgan fingerprint density at radius 1 is 0.938 bits per heavy atom. The van der Waals surface area contributed by atoms with Gasteiger partial charge >= 0.3 is 0 Å². The SMILES string of the molecule is CCOc1ccc(C(=O)NC(=S)Nc2ccc(NC(=O)c3cccc(Cl)c3)cc2)cc1Br. The molecule has 0 atom stereocenters. The molecular weight excluding hydrogens is 514 g/mol. The molecule has 0 aliphatic rings. The Morgan fingerprint density at radius 3 is 2.22 bits per heavy atom. The van der Waals surface area contributed by atoms with Crippen molar-refractivity contribution in [2.24, 2.45) is 0 Å². The van der Waals surface area contributed by atoms with E-state index in [1.807, 2.05) is 6.92 Å². The van der Waals surface area contributed by atoms with Crippen molar-refractivity contribution in [3.05, 3.63) is 87.4 Å². The first-order valence-electron chi connectivity index (χ1n) is 9.57. The molecule has 3 rings (SSSR count). The monoisotopic (exact) mass is 531 g/mol. The Hall–Kier alpha value is -2.94. The standard InChI is InChI=1S/C23H19BrClN3O3S/c1-2-31-20-11-6-15(13-19(20)24)22(30)28-23(32)27-18-9-7-17(8-10-18)26-21(29)14-4-3-5-16(25)12-14/h3-13H,2H2,1H3,(H,26,29)(H2,27,28,30,32).